The lowest BCUT2D eigenvalue weighted by Gasteiger charge is -2.16. The molecule has 1 aromatic carbocycles. The molecular formula is C13H13F3N2O2. The Hall–Kier alpha value is -1.99. The lowest BCUT2D eigenvalue weighted by atomic mass is 10.0. The predicted molar refractivity (Wildman–Crippen MR) is 65.7 cm³/mol. The van der Waals surface area contributed by atoms with Crippen LogP contribution in [-0.2, 0) is 0 Å². The first-order valence-corrected chi connectivity index (χ1v) is 5.76. The Labute approximate surface area is 113 Å². The molecule has 1 heterocycles. The first-order chi connectivity index (χ1) is 9.40. The lowest BCUT2D eigenvalue weighted by molar-refractivity contribution is -0.274. The second-order valence-corrected chi connectivity index (χ2v) is 4.19. The Morgan fingerprint density at radius 2 is 2.05 bits per heavy atom. The first-order valence-electron chi connectivity index (χ1n) is 5.76. The van der Waals surface area contributed by atoms with Gasteiger partial charge < -0.3 is 9.15 Å². The minimum Gasteiger partial charge on any atom is -0.467 e. The molecule has 3 N–H and O–H groups in total. The third-order valence-corrected chi connectivity index (χ3v) is 2.76. The van der Waals surface area contributed by atoms with Gasteiger partial charge in [-0.2, -0.15) is 0 Å². The van der Waals surface area contributed by atoms with Gasteiger partial charge in [0.15, 0.2) is 0 Å². The summed E-state index contributed by atoms with van der Waals surface area (Å²) in [4.78, 5) is 0. The van der Waals surface area contributed by atoms with E-state index in [-0.39, 0.29) is 5.75 Å². The number of alkyl halides is 3. The minimum atomic E-state index is -4.73. The standard InChI is InChI=1S/C13H13F3N2O2/c1-8-5-6-19-12(8)11(18-17)9-3-2-4-10(7-9)20-13(14,15)16/h2-7,11,18H,17H2,1H3. The second-order valence-electron chi connectivity index (χ2n) is 4.19. The predicted octanol–water partition coefficient (Wildman–Crippen LogP) is 3.04. The Morgan fingerprint density at radius 1 is 1.30 bits per heavy atom. The maximum atomic E-state index is 12.2. The highest BCUT2D eigenvalue weighted by Gasteiger charge is 2.31. The number of nitrogens with one attached hydrogen (secondary N) is 1. The molecule has 0 fully saturated rings. The van der Waals surface area contributed by atoms with E-state index in [1.54, 1.807) is 12.1 Å². The third-order valence-electron chi connectivity index (χ3n) is 2.76. The molecule has 0 spiro atoms. The normalized spacial score (nSPS) is 13.2. The summed E-state index contributed by atoms with van der Waals surface area (Å²) < 4.78 is 45.8. The van der Waals surface area contributed by atoms with E-state index in [1.807, 2.05) is 6.92 Å². The van der Waals surface area contributed by atoms with Gasteiger partial charge >= 0.3 is 6.36 Å². The van der Waals surface area contributed by atoms with Crippen LogP contribution in [0.3, 0.4) is 0 Å². The summed E-state index contributed by atoms with van der Waals surface area (Å²) in [5.41, 5.74) is 3.87. The summed E-state index contributed by atoms with van der Waals surface area (Å²) in [7, 11) is 0. The zero-order valence-electron chi connectivity index (χ0n) is 10.6. The molecule has 20 heavy (non-hydrogen) atoms. The van der Waals surface area contributed by atoms with Crippen LogP contribution in [0.1, 0.15) is 22.9 Å². The van der Waals surface area contributed by atoms with Crippen molar-refractivity contribution in [3.63, 3.8) is 0 Å². The monoisotopic (exact) mass is 286 g/mol. The fraction of sp³-hybridized carbons (Fsp3) is 0.231. The van der Waals surface area contributed by atoms with Crippen molar-refractivity contribution in [2.75, 3.05) is 0 Å². The molecular weight excluding hydrogens is 273 g/mol. The van der Waals surface area contributed by atoms with Gasteiger partial charge in [0.1, 0.15) is 17.6 Å². The van der Waals surface area contributed by atoms with Crippen molar-refractivity contribution in [2.24, 2.45) is 5.84 Å². The molecule has 0 aliphatic rings. The number of ether oxygens (including phenoxy) is 1. The molecule has 0 saturated carbocycles. The number of hydrazine groups is 1. The molecule has 0 aliphatic heterocycles. The molecule has 0 aliphatic carbocycles. The van der Waals surface area contributed by atoms with E-state index < -0.39 is 12.4 Å². The molecule has 108 valence electrons. The van der Waals surface area contributed by atoms with Gasteiger partial charge in [0.2, 0.25) is 0 Å². The molecule has 1 unspecified atom stereocenters. The van der Waals surface area contributed by atoms with Crippen molar-refractivity contribution in [1.29, 1.82) is 0 Å². The number of nitrogens with two attached hydrogens (primary N) is 1. The largest absolute Gasteiger partial charge is 0.573 e. The highest BCUT2D eigenvalue weighted by Crippen LogP contribution is 2.29. The van der Waals surface area contributed by atoms with Crippen LogP contribution < -0.4 is 16.0 Å². The van der Waals surface area contributed by atoms with E-state index in [0.29, 0.717) is 11.3 Å². The van der Waals surface area contributed by atoms with Crippen LogP contribution in [0.5, 0.6) is 5.75 Å². The van der Waals surface area contributed by atoms with Crippen LogP contribution in [0.4, 0.5) is 13.2 Å². The number of hydrogen-bond acceptors (Lipinski definition) is 4. The van der Waals surface area contributed by atoms with E-state index in [0.717, 1.165) is 5.56 Å². The number of furan rings is 1. The molecule has 0 saturated heterocycles. The summed E-state index contributed by atoms with van der Waals surface area (Å²) in [5, 5.41) is 0. The van der Waals surface area contributed by atoms with Crippen LogP contribution in [0.2, 0.25) is 0 Å². The minimum absolute atomic E-state index is 0.306. The fourth-order valence-electron chi connectivity index (χ4n) is 1.89. The molecule has 7 heteroatoms. The van der Waals surface area contributed by atoms with Crippen molar-refractivity contribution < 1.29 is 22.3 Å². The van der Waals surface area contributed by atoms with E-state index in [1.165, 1.54) is 24.5 Å². The fourth-order valence-corrected chi connectivity index (χ4v) is 1.89. The summed E-state index contributed by atoms with van der Waals surface area (Å²) in [6.07, 6.45) is -3.24. The zero-order valence-corrected chi connectivity index (χ0v) is 10.6. The van der Waals surface area contributed by atoms with Crippen molar-refractivity contribution in [3.8, 4) is 5.75 Å². The highest BCUT2D eigenvalue weighted by atomic mass is 19.4. The average Bonchev–Trinajstić information content (AvgIpc) is 2.75. The van der Waals surface area contributed by atoms with Crippen LogP contribution in [0.25, 0.3) is 0 Å². The van der Waals surface area contributed by atoms with Crippen molar-refractivity contribution in [2.45, 2.75) is 19.3 Å². The van der Waals surface area contributed by atoms with Gasteiger partial charge in [0, 0.05) is 0 Å². The third kappa shape index (κ3) is 3.31. The first kappa shape index (κ1) is 14.4. The second kappa shape index (κ2) is 5.56. The van der Waals surface area contributed by atoms with Crippen molar-refractivity contribution in [3.05, 3.63) is 53.5 Å². The van der Waals surface area contributed by atoms with Gasteiger partial charge in [-0.1, -0.05) is 12.1 Å². The van der Waals surface area contributed by atoms with Gasteiger partial charge in [-0.15, -0.1) is 13.2 Å². The average molecular weight is 286 g/mol. The molecule has 0 bridgehead atoms. The van der Waals surface area contributed by atoms with Gasteiger partial charge in [-0.3, -0.25) is 5.84 Å². The summed E-state index contributed by atoms with van der Waals surface area (Å²) >= 11 is 0. The van der Waals surface area contributed by atoms with Gasteiger partial charge in [0.25, 0.3) is 0 Å². The molecule has 0 radical (unpaired) electrons. The van der Waals surface area contributed by atoms with Crippen LogP contribution in [0.15, 0.2) is 41.0 Å². The smallest absolute Gasteiger partial charge is 0.467 e. The van der Waals surface area contributed by atoms with Crippen LogP contribution >= 0.6 is 0 Å². The van der Waals surface area contributed by atoms with Crippen molar-refractivity contribution >= 4 is 0 Å². The van der Waals surface area contributed by atoms with Crippen LogP contribution in [-0.4, -0.2) is 6.36 Å². The maximum absolute atomic E-state index is 12.2. The van der Waals surface area contributed by atoms with Crippen LogP contribution in [0, 0.1) is 6.92 Å². The van der Waals surface area contributed by atoms with Gasteiger partial charge in [-0.05, 0) is 36.2 Å². The number of hydrogen-bond donors (Lipinski definition) is 2. The molecule has 4 nitrogen and oxygen atoms in total. The maximum Gasteiger partial charge on any atom is 0.573 e. The molecule has 1 aromatic heterocycles. The molecule has 1 atom stereocenters. The summed E-state index contributed by atoms with van der Waals surface area (Å²) in [6.45, 7) is 1.82. The van der Waals surface area contributed by atoms with E-state index in [4.69, 9.17) is 10.3 Å². The van der Waals surface area contributed by atoms with Crippen molar-refractivity contribution in [1.82, 2.24) is 5.43 Å². The van der Waals surface area contributed by atoms with Gasteiger partial charge in [-0.25, -0.2) is 5.43 Å². The summed E-state index contributed by atoms with van der Waals surface area (Å²) in [5.74, 6) is 5.70. The van der Waals surface area contributed by atoms with E-state index in [9.17, 15) is 13.2 Å². The highest BCUT2D eigenvalue weighted by molar-refractivity contribution is 5.36. The SMILES string of the molecule is Cc1ccoc1C(NN)c1cccc(OC(F)(F)F)c1. The topological polar surface area (TPSA) is 60.4 Å². The Bertz CT molecular complexity index is 581. The Kier molecular flexibility index (Phi) is 4.01. The van der Waals surface area contributed by atoms with E-state index in [2.05, 4.69) is 10.2 Å². The molecule has 2 aromatic rings. The number of aryl methyl sites for hydroxylation is 1. The number of benzene rings is 1. The number of halogens is 3. The van der Waals surface area contributed by atoms with E-state index >= 15 is 0 Å². The quantitative estimate of drug-likeness (QED) is 0.670. The Balaban J connectivity index is 2.32. The zero-order chi connectivity index (χ0) is 14.8. The lowest BCUT2D eigenvalue weighted by Crippen LogP contribution is -2.29. The summed E-state index contributed by atoms with van der Waals surface area (Å²) in [6, 6.07) is 6.77. The number of rotatable bonds is 4. The molecule has 0 amide bonds. The Morgan fingerprint density at radius 3 is 2.60 bits per heavy atom. The van der Waals surface area contributed by atoms with Gasteiger partial charge in [0.05, 0.1) is 6.26 Å². The molecule has 2 rings (SSSR count).